The van der Waals surface area contributed by atoms with Crippen molar-refractivity contribution in [3.63, 3.8) is 0 Å². The highest BCUT2D eigenvalue weighted by Crippen LogP contribution is 2.33. The highest BCUT2D eigenvalue weighted by molar-refractivity contribution is 5.94. The summed E-state index contributed by atoms with van der Waals surface area (Å²) in [6, 6.07) is 9.79. The number of likely N-dealkylation sites (tertiary alicyclic amines) is 1. The summed E-state index contributed by atoms with van der Waals surface area (Å²) in [5.41, 5.74) is 2.66. The highest BCUT2D eigenvalue weighted by atomic mass is 16.5. The molecular weight excluding hydrogens is 330 g/mol. The number of benzene rings is 1. The predicted octanol–water partition coefficient (Wildman–Crippen LogP) is 2.59. The Morgan fingerprint density at radius 2 is 2.00 bits per heavy atom. The molecule has 1 aromatic heterocycles. The minimum absolute atomic E-state index is 0.0270. The van der Waals surface area contributed by atoms with Gasteiger partial charge in [-0.15, -0.1) is 0 Å². The van der Waals surface area contributed by atoms with Gasteiger partial charge in [0.15, 0.2) is 5.69 Å². The molecule has 1 amide bonds. The van der Waals surface area contributed by atoms with Gasteiger partial charge in [-0.2, -0.15) is 5.10 Å². The molecule has 2 atom stereocenters. The van der Waals surface area contributed by atoms with E-state index in [4.69, 9.17) is 9.47 Å². The average Bonchev–Trinajstić information content (AvgIpc) is 2.91. The van der Waals surface area contributed by atoms with E-state index in [0.717, 1.165) is 36.5 Å². The molecule has 0 radical (unpaired) electrons. The van der Waals surface area contributed by atoms with E-state index in [1.54, 1.807) is 4.68 Å². The van der Waals surface area contributed by atoms with Crippen molar-refractivity contribution in [2.75, 3.05) is 19.7 Å². The summed E-state index contributed by atoms with van der Waals surface area (Å²) < 4.78 is 13.5. The molecule has 0 unspecified atom stereocenters. The largest absolute Gasteiger partial charge is 0.493 e. The fraction of sp³-hybridized carbons (Fsp3) is 0.500. The Bertz CT molecular complexity index is 796. The summed E-state index contributed by atoms with van der Waals surface area (Å²) in [7, 11) is 1.89. The van der Waals surface area contributed by atoms with E-state index in [-0.39, 0.29) is 18.1 Å². The number of rotatable bonds is 4. The van der Waals surface area contributed by atoms with Gasteiger partial charge in [-0.25, -0.2) is 0 Å². The van der Waals surface area contributed by atoms with E-state index in [2.05, 4.69) is 5.10 Å². The maximum Gasteiger partial charge on any atom is 0.274 e. The van der Waals surface area contributed by atoms with E-state index in [1.807, 2.05) is 56.1 Å². The van der Waals surface area contributed by atoms with E-state index < -0.39 is 0 Å². The monoisotopic (exact) mass is 355 g/mol. The lowest BCUT2D eigenvalue weighted by atomic mass is 9.96. The fourth-order valence-electron chi connectivity index (χ4n) is 3.93. The summed E-state index contributed by atoms with van der Waals surface area (Å²) in [5.74, 6) is 1.28. The third-order valence-corrected chi connectivity index (χ3v) is 5.18. The second kappa shape index (κ2) is 6.76. The third kappa shape index (κ3) is 3.09. The molecule has 26 heavy (non-hydrogen) atoms. The standard InChI is InChI=1S/C20H25N3O3/c1-13-9-17-18(21-22(3)19(17)14(2)26-13)20(24)23-10-15(11-23)12-25-16-7-5-4-6-8-16/h4-8,13-15H,9-12H2,1-3H3/t13-,14+/m1/s1. The predicted molar refractivity (Wildman–Crippen MR) is 97.2 cm³/mol. The minimum Gasteiger partial charge on any atom is -0.493 e. The second-order valence-electron chi connectivity index (χ2n) is 7.33. The number of fused-ring (bicyclic) bond motifs is 1. The molecule has 0 saturated carbocycles. The van der Waals surface area contributed by atoms with Gasteiger partial charge in [-0.05, 0) is 26.0 Å². The van der Waals surface area contributed by atoms with Gasteiger partial charge in [-0.1, -0.05) is 18.2 Å². The van der Waals surface area contributed by atoms with Gasteiger partial charge in [0.25, 0.3) is 5.91 Å². The van der Waals surface area contributed by atoms with Crippen LogP contribution in [0.1, 0.15) is 41.7 Å². The quantitative estimate of drug-likeness (QED) is 0.846. The van der Waals surface area contributed by atoms with Gasteiger partial charge in [0, 0.05) is 38.0 Å². The summed E-state index contributed by atoms with van der Waals surface area (Å²) in [6.45, 7) is 6.14. The van der Waals surface area contributed by atoms with Crippen molar-refractivity contribution in [1.82, 2.24) is 14.7 Å². The number of carbonyl (C=O) groups is 1. The molecule has 0 N–H and O–H groups in total. The number of hydrogen-bond acceptors (Lipinski definition) is 4. The van der Waals surface area contributed by atoms with Gasteiger partial charge in [0.1, 0.15) is 5.75 Å². The molecule has 1 aromatic carbocycles. The van der Waals surface area contributed by atoms with Crippen LogP contribution in [0.4, 0.5) is 0 Å². The fourth-order valence-corrected chi connectivity index (χ4v) is 3.93. The van der Waals surface area contributed by atoms with E-state index in [9.17, 15) is 4.79 Å². The molecule has 1 saturated heterocycles. The molecule has 0 spiro atoms. The van der Waals surface area contributed by atoms with Gasteiger partial charge >= 0.3 is 0 Å². The molecule has 2 aliphatic heterocycles. The second-order valence-corrected chi connectivity index (χ2v) is 7.33. The Morgan fingerprint density at radius 1 is 1.27 bits per heavy atom. The first kappa shape index (κ1) is 17.1. The van der Waals surface area contributed by atoms with Crippen LogP contribution in [-0.4, -0.2) is 46.4 Å². The molecular formula is C20H25N3O3. The number of hydrogen-bond donors (Lipinski definition) is 0. The number of ether oxygens (including phenoxy) is 2. The zero-order chi connectivity index (χ0) is 18.3. The van der Waals surface area contributed by atoms with Crippen LogP contribution < -0.4 is 4.74 Å². The van der Waals surface area contributed by atoms with Crippen molar-refractivity contribution >= 4 is 5.91 Å². The number of aryl methyl sites for hydroxylation is 1. The zero-order valence-corrected chi connectivity index (χ0v) is 15.5. The molecule has 0 bridgehead atoms. The summed E-state index contributed by atoms with van der Waals surface area (Å²) in [5, 5.41) is 4.51. The van der Waals surface area contributed by atoms with Crippen molar-refractivity contribution in [2.45, 2.75) is 32.5 Å². The number of carbonyl (C=O) groups excluding carboxylic acids is 1. The Hall–Kier alpha value is -2.34. The van der Waals surface area contributed by atoms with Crippen LogP contribution in [0.15, 0.2) is 30.3 Å². The van der Waals surface area contributed by atoms with Gasteiger partial charge in [0.05, 0.1) is 24.5 Å². The lowest BCUT2D eigenvalue weighted by Crippen LogP contribution is -2.52. The van der Waals surface area contributed by atoms with Crippen molar-refractivity contribution in [3.8, 4) is 5.75 Å². The normalized spacial score (nSPS) is 22.7. The molecule has 2 aromatic rings. The molecule has 4 rings (SSSR count). The Kier molecular flexibility index (Phi) is 4.44. The number of aromatic nitrogens is 2. The molecule has 0 aliphatic carbocycles. The lowest BCUT2D eigenvalue weighted by molar-refractivity contribution is -0.00914. The third-order valence-electron chi connectivity index (χ3n) is 5.18. The molecule has 6 heteroatoms. The average molecular weight is 355 g/mol. The molecule has 2 aliphatic rings. The van der Waals surface area contributed by atoms with Crippen LogP contribution in [0.5, 0.6) is 5.75 Å². The van der Waals surface area contributed by atoms with Crippen molar-refractivity contribution in [1.29, 1.82) is 0 Å². The summed E-state index contributed by atoms with van der Waals surface area (Å²) in [4.78, 5) is 14.8. The maximum absolute atomic E-state index is 12.9. The van der Waals surface area contributed by atoms with E-state index in [1.165, 1.54) is 0 Å². The van der Waals surface area contributed by atoms with Crippen LogP contribution in [-0.2, 0) is 18.2 Å². The summed E-state index contributed by atoms with van der Waals surface area (Å²) >= 11 is 0. The SMILES string of the molecule is C[C@@H]1Cc2c(C(=O)N3CC(COc4ccccc4)C3)nn(C)c2[C@H](C)O1. The molecule has 6 nitrogen and oxygen atoms in total. The summed E-state index contributed by atoms with van der Waals surface area (Å²) in [6.07, 6.45) is 0.816. The lowest BCUT2D eigenvalue weighted by Gasteiger charge is -2.38. The first-order valence-corrected chi connectivity index (χ1v) is 9.21. The topological polar surface area (TPSA) is 56.6 Å². The van der Waals surface area contributed by atoms with Crippen LogP contribution in [0, 0.1) is 5.92 Å². The Morgan fingerprint density at radius 3 is 2.73 bits per heavy atom. The van der Waals surface area contributed by atoms with Crippen molar-refractivity contribution < 1.29 is 14.3 Å². The number of amides is 1. The van der Waals surface area contributed by atoms with Crippen LogP contribution >= 0.6 is 0 Å². The van der Waals surface area contributed by atoms with Gasteiger partial charge in [-0.3, -0.25) is 9.48 Å². The molecule has 3 heterocycles. The van der Waals surface area contributed by atoms with Gasteiger partial charge in [0.2, 0.25) is 0 Å². The van der Waals surface area contributed by atoms with Gasteiger partial charge < -0.3 is 14.4 Å². The molecule has 138 valence electrons. The first-order chi connectivity index (χ1) is 12.5. The molecule has 1 fully saturated rings. The minimum atomic E-state index is -0.0313. The van der Waals surface area contributed by atoms with Crippen molar-refractivity contribution in [2.24, 2.45) is 13.0 Å². The maximum atomic E-state index is 12.9. The van der Waals surface area contributed by atoms with Crippen LogP contribution in [0.25, 0.3) is 0 Å². The Balaban J connectivity index is 1.39. The number of para-hydroxylation sites is 1. The highest BCUT2D eigenvalue weighted by Gasteiger charge is 2.37. The van der Waals surface area contributed by atoms with Crippen LogP contribution in [0.3, 0.4) is 0 Å². The van der Waals surface area contributed by atoms with Crippen LogP contribution in [0.2, 0.25) is 0 Å². The van der Waals surface area contributed by atoms with Crippen molar-refractivity contribution in [3.05, 3.63) is 47.3 Å². The van der Waals surface area contributed by atoms with E-state index in [0.29, 0.717) is 18.2 Å². The first-order valence-electron chi connectivity index (χ1n) is 9.21. The Labute approximate surface area is 153 Å². The zero-order valence-electron chi connectivity index (χ0n) is 15.5. The number of nitrogens with zero attached hydrogens (tertiary/aromatic N) is 3. The smallest absolute Gasteiger partial charge is 0.274 e. The van der Waals surface area contributed by atoms with E-state index >= 15 is 0 Å².